The van der Waals surface area contributed by atoms with E-state index in [1.165, 1.54) is 0 Å². The van der Waals surface area contributed by atoms with Crippen LogP contribution in [0.25, 0.3) is 0 Å². The van der Waals surface area contributed by atoms with Crippen molar-refractivity contribution >= 4 is 11.8 Å². The molecule has 2 fully saturated rings. The summed E-state index contributed by atoms with van der Waals surface area (Å²) in [6, 6.07) is 0. The van der Waals surface area contributed by atoms with Gasteiger partial charge in [0.05, 0.1) is 12.6 Å². The number of hydrogen-bond donors (Lipinski definition) is 1. The van der Waals surface area contributed by atoms with Gasteiger partial charge in [0.2, 0.25) is 11.8 Å². The highest BCUT2D eigenvalue weighted by atomic mass is 16.5. The minimum absolute atomic E-state index is 0.00352. The van der Waals surface area contributed by atoms with Crippen molar-refractivity contribution in [1.82, 2.24) is 10.2 Å². The van der Waals surface area contributed by atoms with E-state index in [9.17, 15) is 9.59 Å². The van der Waals surface area contributed by atoms with Crippen LogP contribution in [0.1, 0.15) is 27.2 Å². The summed E-state index contributed by atoms with van der Waals surface area (Å²) >= 11 is 0. The third kappa shape index (κ3) is 2.44. The number of nitrogens with zero attached hydrogens (tertiary/aromatic N) is 1. The van der Waals surface area contributed by atoms with Crippen molar-refractivity contribution in [3.8, 4) is 0 Å². The summed E-state index contributed by atoms with van der Waals surface area (Å²) in [7, 11) is 0. The quantitative estimate of drug-likeness (QED) is 0.747. The number of amides is 2. The van der Waals surface area contributed by atoms with Crippen molar-refractivity contribution in [2.45, 2.75) is 38.8 Å². The first-order valence-electron chi connectivity index (χ1n) is 6.12. The zero-order chi connectivity index (χ0) is 12.6. The van der Waals surface area contributed by atoms with Gasteiger partial charge in [-0.25, -0.2) is 0 Å². The van der Waals surface area contributed by atoms with Gasteiger partial charge in [0.15, 0.2) is 0 Å². The molecular weight excluding hydrogens is 220 g/mol. The maximum Gasteiger partial charge on any atom is 0.248 e. The molecule has 2 unspecified atom stereocenters. The Kier molecular flexibility index (Phi) is 3.12. The zero-order valence-electron chi connectivity index (χ0n) is 10.7. The second kappa shape index (κ2) is 4.29. The van der Waals surface area contributed by atoms with Crippen molar-refractivity contribution in [2.24, 2.45) is 5.92 Å². The van der Waals surface area contributed by atoms with E-state index in [-0.39, 0.29) is 24.5 Å². The van der Waals surface area contributed by atoms with Crippen molar-refractivity contribution < 1.29 is 14.3 Å². The Balaban J connectivity index is 2.04. The Morgan fingerprint density at radius 1 is 1.47 bits per heavy atom. The van der Waals surface area contributed by atoms with Crippen LogP contribution in [0.3, 0.4) is 0 Å². The standard InChI is InChI=1S/C12H20N2O3/c1-8-9(4-5-17-8)6-14-7-10(15)13-12(2,3)11(14)16/h8-9H,4-7H2,1-3H3,(H,13,15). The number of piperazine rings is 1. The number of hydrogen-bond acceptors (Lipinski definition) is 3. The summed E-state index contributed by atoms with van der Waals surface area (Å²) in [4.78, 5) is 25.4. The topological polar surface area (TPSA) is 58.6 Å². The summed E-state index contributed by atoms with van der Waals surface area (Å²) in [6.45, 7) is 7.06. The molecule has 0 aromatic carbocycles. The molecule has 17 heavy (non-hydrogen) atoms. The van der Waals surface area contributed by atoms with Crippen molar-refractivity contribution in [1.29, 1.82) is 0 Å². The van der Waals surface area contributed by atoms with E-state index in [2.05, 4.69) is 5.32 Å². The molecule has 0 spiro atoms. The van der Waals surface area contributed by atoms with E-state index in [4.69, 9.17) is 4.74 Å². The molecule has 0 aromatic heterocycles. The Labute approximate surface area is 101 Å². The van der Waals surface area contributed by atoms with Gasteiger partial charge in [0.25, 0.3) is 0 Å². The normalized spacial score (nSPS) is 32.8. The first kappa shape index (κ1) is 12.4. The fraction of sp³-hybridized carbons (Fsp3) is 0.833. The molecular formula is C12H20N2O3. The molecule has 0 bridgehead atoms. The molecule has 5 nitrogen and oxygen atoms in total. The van der Waals surface area contributed by atoms with Gasteiger partial charge in [0, 0.05) is 19.1 Å². The number of ether oxygens (including phenoxy) is 1. The Morgan fingerprint density at radius 3 is 2.76 bits per heavy atom. The van der Waals surface area contributed by atoms with Crippen LogP contribution in [0.4, 0.5) is 0 Å². The first-order valence-corrected chi connectivity index (χ1v) is 6.12. The summed E-state index contributed by atoms with van der Waals surface area (Å²) in [5, 5.41) is 2.71. The van der Waals surface area contributed by atoms with Crippen LogP contribution in [0, 0.1) is 5.92 Å². The average molecular weight is 240 g/mol. The Hall–Kier alpha value is -1.10. The highest BCUT2D eigenvalue weighted by Crippen LogP contribution is 2.23. The lowest BCUT2D eigenvalue weighted by atomic mass is 9.97. The lowest BCUT2D eigenvalue weighted by Gasteiger charge is -2.38. The summed E-state index contributed by atoms with van der Waals surface area (Å²) < 4.78 is 5.48. The van der Waals surface area contributed by atoms with E-state index in [1.807, 2.05) is 6.92 Å². The smallest absolute Gasteiger partial charge is 0.248 e. The van der Waals surface area contributed by atoms with E-state index in [0.29, 0.717) is 12.5 Å². The second-order valence-electron chi connectivity index (χ2n) is 5.48. The van der Waals surface area contributed by atoms with Crippen LogP contribution < -0.4 is 5.32 Å². The Bertz CT molecular complexity index is 341. The summed E-state index contributed by atoms with van der Waals surface area (Å²) in [5.41, 5.74) is -0.780. The van der Waals surface area contributed by atoms with Crippen LogP contribution in [-0.2, 0) is 14.3 Å². The number of nitrogens with one attached hydrogen (secondary N) is 1. The molecule has 96 valence electrons. The molecule has 2 amide bonds. The SMILES string of the molecule is CC1OCCC1CN1CC(=O)NC(C)(C)C1=O. The van der Waals surface area contributed by atoms with Gasteiger partial charge in [-0.1, -0.05) is 0 Å². The van der Waals surface area contributed by atoms with E-state index in [0.717, 1.165) is 13.0 Å². The molecule has 0 saturated carbocycles. The van der Waals surface area contributed by atoms with Gasteiger partial charge >= 0.3 is 0 Å². The van der Waals surface area contributed by atoms with Gasteiger partial charge in [-0.2, -0.15) is 0 Å². The monoisotopic (exact) mass is 240 g/mol. The predicted molar refractivity (Wildman–Crippen MR) is 62.3 cm³/mol. The molecule has 0 radical (unpaired) electrons. The average Bonchev–Trinajstić information content (AvgIpc) is 2.59. The van der Waals surface area contributed by atoms with Gasteiger partial charge in [-0.15, -0.1) is 0 Å². The third-order valence-electron chi connectivity index (χ3n) is 3.60. The molecule has 2 aliphatic rings. The van der Waals surface area contributed by atoms with Crippen molar-refractivity contribution in [3.05, 3.63) is 0 Å². The van der Waals surface area contributed by atoms with Crippen molar-refractivity contribution in [2.75, 3.05) is 19.7 Å². The number of rotatable bonds is 2. The van der Waals surface area contributed by atoms with E-state index >= 15 is 0 Å². The molecule has 2 heterocycles. The van der Waals surface area contributed by atoms with Gasteiger partial charge < -0.3 is 15.0 Å². The maximum absolute atomic E-state index is 12.2. The van der Waals surface area contributed by atoms with Crippen LogP contribution in [0.15, 0.2) is 0 Å². The lowest BCUT2D eigenvalue weighted by Crippen LogP contribution is -2.64. The maximum atomic E-state index is 12.2. The van der Waals surface area contributed by atoms with Crippen LogP contribution in [0.2, 0.25) is 0 Å². The highest BCUT2D eigenvalue weighted by molar-refractivity contribution is 5.97. The molecule has 1 N–H and O–H groups in total. The van der Waals surface area contributed by atoms with E-state index < -0.39 is 5.54 Å². The summed E-state index contributed by atoms with van der Waals surface area (Å²) in [5.74, 6) is 0.262. The molecule has 2 saturated heterocycles. The first-order chi connectivity index (χ1) is 7.90. The van der Waals surface area contributed by atoms with Crippen LogP contribution in [0.5, 0.6) is 0 Å². The lowest BCUT2D eigenvalue weighted by molar-refractivity contribution is -0.149. The number of carbonyl (C=O) groups excluding carboxylic acids is 2. The second-order valence-corrected chi connectivity index (χ2v) is 5.48. The fourth-order valence-electron chi connectivity index (χ4n) is 2.53. The van der Waals surface area contributed by atoms with Gasteiger partial charge in [-0.3, -0.25) is 9.59 Å². The molecule has 2 aliphatic heterocycles. The number of carbonyl (C=O) groups is 2. The van der Waals surface area contributed by atoms with Crippen LogP contribution in [-0.4, -0.2) is 48.1 Å². The minimum Gasteiger partial charge on any atom is -0.378 e. The molecule has 5 heteroatoms. The summed E-state index contributed by atoms with van der Waals surface area (Å²) in [6.07, 6.45) is 1.14. The molecule has 0 aromatic rings. The minimum atomic E-state index is -0.780. The molecule has 2 atom stereocenters. The van der Waals surface area contributed by atoms with Gasteiger partial charge in [-0.05, 0) is 27.2 Å². The zero-order valence-corrected chi connectivity index (χ0v) is 10.7. The van der Waals surface area contributed by atoms with Gasteiger partial charge in [0.1, 0.15) is 5.54 Å². The highest BCUT2D eigenvalue weighted by Gasteiger charge is 2.40. The Morgan fingerprint density at radius 2 is 2.18 bits per heavy atom. The molecule has 0 aliphatic carbocycles. The predicted octanol–water partition coefficient (Wildman–Crippen LogP) is 0.148. The fourth-order valence-corrected chi connectivity index (χ4v) is 2.53. The van der Waals surface area contributed by atoms with Crippen LogP contribution >= 0.6 is 0 Å². The van der Waals surface area contributed by atoms with Crippen molar-refractivity contribution in [3.63, 3.8) is 0 Å². The third-order valence-corrected chi connectivity index (χ3v) is 3.60. The molecule has 2 rings (SSSR count). The van der Waals surface area contributed by atoms with E-state index in [1.54, 1.807) is 18.7 Å². The largest absolute Gasteiger partial charge is 0.378 e.